The average molecular weight is 342 g/mol. The fraction of sp³-hybridized carbons (Fsp3) is 0.176. The number of hydrogen-bond donors (Lipinski definition) is 1. The highest BCUT2D eigenvalue weighted by molar-refractivity contribution is 7.21. The molecule has 122 valence electrons. The highest BCUT2D eigenvalue weighted by atomic mass is 32.1. The first-order valence-electron chi connectivity index (χ1n) is 7.24. The van der Waals surface area contributed by atoms with Crippen LogP contribution in [0.25, 0.3) is 20.8 Å². The van der Waals surface area contributed by atoms with Gasteiger partial charge in [0, 0.05) is 16.8 Å². The van der Waals surface area contributed by atoms with Crippen LogP contribution in [0.1, 0.15) is 12.1 Å². The first kappa shape index (κ1) is 16.1. The zero-order valence-electron chi connectivity index (χ0n) is 12.9. The summed E-state index contributed by atoms with van der Waals surface area (Å²) in [5.74, 6) is -0.207. The molecule has 1 aromatic carbocycles. The van der Waals surface area contributed by atoms with Crippen molar-refractivity contribution in [2.24, 2.45) is 0 Å². The monoisotopic (exact) mass is 342 g/mol. The minimum absolute atomic E-state index is 0.00896. The van der Waals surface area contributed by atoms with E-state index in [1.165, 1.54) is 11.3 Å². The van der Waals surface area contributed by atoms with Crippen LogP contribution in [-0.2, 0) is 11.2 Å². The Kier molecular flexibility index (Phi) is 4.52. The number of methoxy groups -OCH3 is 1. The van der Waals surface area contributed by atoms with Crippen LogP contribution < -0.4 is 10.3 Å². The molecule has 0 bridgehead atoms. The molecule has 3 rings (SSSR count). The molecule has 3 aromatic rings. The third kappa shape index (κ3) is 3.41. The van der Waals surface area contributed by atoms with Gasteiger partial charge in [-0.05, 0) is 30.3 Å². The number of rotatable bonds is 5. The average Bonchev–Trinajstić information content (AvgIpc) is 2.59. The predicted molar refractivity (Wildman–Crippen MR) is 91.6 cm³/mol. The fourth-order valence-corrected chi connectivity index (χ4v) is 3.25. The molecule has 0 aliphatic rings. The molecule has 7 heteroatoms. The number of aromatic nitrogens is 2. The van der Waals surface area contributed by atoms with Crippen molar-refractivity contribution in [2.45, 2.75) is 12.8 Å². The Labute approximate surface area is 141 Å². The van der Waals surface area contributed by atoms with E-state index in [1.807, 2.05) is 0 Å². The minimum Gasteiger partial charge on any atom is -0.497 e. The molecule has 6 nitrogen and oxygen atoms in total. The molecule has 0 fully saturated rings. The van der Waals surface area contributed by atoms with Crippen molar-refractivity contribution in [2.75, 3.05) is 7.11 Å². The zero-order chi connectivity index (χ0) is 17.1. The lowest BCUT2D eigenvalue weighted by Gasteiger charge is -2.05. The van der Waals surface area contributed by atoms with Crippen molar-refractivity contribution in [3.63, 3.8) is 0 Å². The maximum Gasteiger partial charge on any atom is 0.303 e. The van der Waals surface area contributed by atoms with Gasteiger partial charge in [-0.25, -0.2) is 0 Å². The van der Waals surface area contributed by atoms with Gasteiger partial charge in [-0.15, -0.1) is 11.3 Å². The molecule has 0 saturated carbocycles. The second kappa shape index (κ2) is 6.76. The number of carboxylic acid groups (broad SMARTS) is 1. The molecule has 0 aliphatic carbocycles. The minimum atomic E-state index is -0.872. The smallest absolute Gasteiger partial charge is 0.303 e. The molecule has 2 aromatic heterocycles. The Hall–Kier alpha value is -2.80. The largest absolute Gasteiger partial charge is 0.497 e. The number of nitrogens with zero attached hydrogens (tertiary/aromatic N) is 2. The molecule has 24 heavy (non-hydrogen) atoms. The van der Waals surface area contributed by atoms with Crippen molar-refractivity contribution >= 4 is 27.4 Å². The van der Waals surface area contributed by atoms with Crippen molar-refractivity contribution < 1.29 is 14.6 Å². The van der Waals surface area contributed by atoms with Crippen LogP contribution in [0.2, 0.25) is 0 Å². The van der Waals surface area contributed by atoms with E-state index in [-0.39, 0.29) is 12.0 Å². The third-order valence-corrected chi connectivity index (χ3v) is 4.50. The molecular weight excluding hydrogens is 328 g/mol. The van der Waals surface area contributed by atoms with Crippen LogP contribution in [0.5, 0.6) is 5.75 Å². The summed E-state index contributed by atoms with van der Waals surface area (Å²) in [5.41, 5.74) is 0.894. The summed E-state index contributed by atoms with van der Waals surface area (Å²) in [5, 5.41) is 9.81. The molecule has 0 aliphatic heterocycles. The first-order chi connectivity index (χ1) is 11.6. The maximum absolute atomic E-state index is 12.2. The topological polar surface area (TPSA) is 89.4 Å². The maximum atomic E-state index is 12.2. The number of pyridine rings is 1. The van der Waals surface area contributed by atoms with Crippen LogP contribution in [0.15, 0.2) is 41.2 Å². The summed E-state index contributed by atoms with van der Waals surface area (Å²) in [6, 6.07) is 10.5. The van der Waals surface area contributed by atoms with Gasteiger partial charge in [-0.1, -0.05) is 6.07 Å². The van der Waals surface area contributed by atoms with Gasteiger partial charge in [0.2, 0.25) is 0 Å². The van der Waals surface area contributed by atoms with Crippen LogP contribution in [0.3, 0.4) is 0 Å². The third-order valence-electron chi connectivity index (χ3n) is 3.45. The molecular formula is C17H14N2O4S. The van der Waals surface area contributed by atoms with E-state index in [2.05, 4.69) is 9.97 Å². The highest BCUT2D eigenvalue weighted by Gasteiger charge is 2.10. The molecule has 0 radical (unpaired) electrons. The lowest BCUT2D eigenvalue weighted by molar-refractivity contribution is -0.136. The second-order valence-electron chi connectivity index (χ2n) is 5.09. The SMILES string of the molecule is COc1ccc2c(=O)nc(-c3cccc(CCC(=O)O)n3)sc2c1. The Morgan fingerprint density at radius 3 is 2.83 bits per heavy atom. The number of aryl methyl sites for hydroxylation is 1. The van der Waals surface area contributed by atoms with Crippen molar-refractivity contribution in [1.82, 2.24) is 9.97 Å². The van der Waals surface area contributed by atoms with Gasteiger partial charge in [0.25, 0.3) is 5.56 Å². The van der Waals surface area contributed by atoms with Gasteiger partial charge in [0.15, 0.2) is 0 Å². The van der Waals surface area contributed by atoms with E-state index in [0.29, 0.717) is 34.0 Å². The molecule has 0 amide bonds. The van der Waals surface area contributed by atoms with Crippen LogP contribution >= 0.6 is 11.3 Å². The van der Waals surface area contributed by atoms with Crippen LogP contribution in [0.4, 0.5) is 0 Å². The predicted octanol–water partition coefficient (Wildman–Crippen LogP) is 2.74. The summed E-state index contributed by atoms with van der Waals surface area (Å²) in [4.78, 5) is 31.4. The summed E-state index contributed by atoms with van der Waals surface area (Å²) < 4.78 is 5.96. The Bertz CT molecular complexity index is 968. The van der Waals surface area contributed by atoms with E-state index in [9.17, 15) is 9.59 Å². The van der Waals surface area contributed by atoms with Crippen molar-refractivity contribution in [3.05, 3.63) is 52.4 Å². The molecule has 0 saturated heterocycles. The summed E-state index contributed by atoms with van der Waals surface area (Å²) in [7, 11) is 1.57. The Morgan fingerprint density at radius 2 is 2.08 bits per heavy atom. The van der Waals surface area contributed by atoms with E-state index in [4.69, 9.17) is 9.84 Å². The second-order valence-corrected chi connectivity index (χ2v) is 6.12. The summed E-state index contributed by atoms with van der Waals surface area (Å²) in [6.07, 6.45) is 0.342. The molecule has 1 N–H and O–H groups in total. The van der Waals surface area contributed by atoms with Crippen LogP contribution in [0, 0.1) is 0 Å². The van der Waals surface area contributed by atoms with E-state index < -0.39 is 5.97 Å². The number of hydrogen-bond acceptors (Lipinski definition) is 6. The highest BCUT2D eigenvalue weighted by Crippen LogP contribution is 2.27. The van der Waals surface area contributed by atoms with Gasteiger partial charge < -0.3 is 9.84 Å². The number of benzene rings is 1. The van der Waals surface area contributed by atoms with Gasteiger partial charge in [-0.2, -0.15) is 4.98 Å². The molecule has 0 spiro atoms. The molecule has 0 unspecified atom stereocenters. The standard InChI is InChI=1S/C17H14N2O4S/c1-23-11-6-7-12-14(9-11)24-17(19-16(12)22)13-4-2-3-10(18-13)5-8-15(20)21/h2-4,6-7,9H,5,8H2,1H3,(H,20,21). The molecule has 0 atom stereocenters. The number of carboxylic acids is 1. The van der Waals surface area contributed by atoms with Gasteiger partial charge in [-0.3, -0.25) is 14.6 Å². The zero-order valence-corrected chi connectivity index (χ0v) is 13.7. The number of carbonyl (C=O) groups is 1. The number of ether oxygens (including phenoxy) is 1. The summed E-state index contributed by atoms with van der Waals surface area (Å²) >= 11 is 1.35. The van der Waals surface area contributed by atoms with Crippen molar-refractivity contribution in [3.8, 4) is 16.5 Å². The fourth-order valence-electron chi connectivity index (χ4n) is 2.25. The summed E-state index contributed by atoms with van der Waals surface area (Å²) in [6.45, 7) is 0. The van der Waals surface area contributed by atoms with Crippen molar-refractivity contribution in [1.29, 1.82) is 0 Å². The normalized spacial score (nSPS) is 10.7. The van der Waals surface area contributed by atoms with Crippen LogP contribution in [-0.4, -0.2) is 28.2 Å². The van der Waals surface area contributed by atoms with E-state index >= 15 is 0 Å². The lowest BCUT2D eigenvalue weighted by Crippen LogP contribution is -2.07. The lowest BCUT2D eigenvalue weighted by atomic mass is 10.2. The Balaban J connectivity index is 2.04. The number of aliphatic carboxylic acids is 1. The van der Waals surface area contributed by atoms with E-state index in [1.54, 1.807) is 43.5 Å². The van der Waals surface area contributed by atoms with Gasteiger partial charge in [0.1, 0.15) is 10.8 Å². The first-order valence-corrected chi connectivity index (χ1v) is 8.05. The molecule has 2 heterocycles. The van der Waals surface area contributed by atoms with Gasteiger partial charge in [0.05, 0.1) is 24.6 Å². The Morgan fingerprint density at radius 1 is 1.25 bits per heavy atom. The van der Waals surface area contributed by atoms with E-state index in [0.717, 1.165) is 4.70 Å². The quantitative estimate of drug-likeness (QED) is 0.767. The number of fused-ring (bicyclic) bond motifs is 1. The van der Waals surface area contributed by atoms with Gasteiger partial charge >= 0.3 is 5.97 Å².